The third-order valence-electron chi connectivity index (χ3n) is 3.46. The van der Waals surface area contributed by atoms with Gasteiger partial charge in [-0.2, -0.15) is 4.31 Å². The van der Waals surface area contributed by atoms with Gasteiger partial charge in [0.2, 0.25) is 10.0 Å². The lowest BCUT2D eigenvalue weighted by atomic mass is 10.1. The molecule has 0 spiro atoms. The molecule has 1 aromatic rings. The van der Waals surface area contributed by atoms with Crippen LogP contribution in [0.5, 0.6) is 0 Å². The molecule has 0 atom stereocenters. The fourth-order valence-corrected chi connectivity index (χ4v) is 4.90. The molecule has 1 aromatic carbocycles. The van der Waals surface area contributed by atoms with Crippen molar-refractivity contribution in [3.8, 4) is 0 Å². The van der Waals surface area contributed by atoms with Crippen LogP contribution in [0, 0.1) is 6.92 Å². The Labute approximate surface area is 134 Å². The number of sulfonamides is 1. The maximum atomic E-state index is 12.9. The third-order valence-corrected chi connectivity index (χ3v) is 6.70. The first-order valence-electron chi connectivity index (χ1n) is 6.98. The minimum absolute atomic E-state index is 0.342. The van der Waals surface area contributed by atoms with Crippen molar-refractivity contribution in [2.45, 2.75) is 24.8 Å². The Bertz CT molecular complexity index is 596. The number of ether oxygens (including phenoxy) is 1. The molecule has 21 heavy (non-hydrogen) atoms. The molecule has 0 amide bonds. The van der Waals surface area contributed by atoms with Crippen LogP contribution in [0.2, 0.25) is 0 Å². The molecule has 5 nitrogen and oxygen atoms in total. The summed E-state index contributed by atoms with van der Waals surface area (Å²) in [6.07, 6.45) is 0.728. The number of nitrogens with zero attached hydrogens (tertiary/aromatic N) is 1. The molecule has 0 aliphatic carbocycles. The van der Waals surface area contributed by atoms with E-state index in [1.54, 1.807) is 6.07 Å². The number of hydrogen-bond donors (Lipinski definition) is 1. The molecule has 7 heteroatoms. The predicted octanol–water partition coefficient (Wildman–Crippen LogP) is 1.89. The van der Waals surface area contributed by atoms with E-state index in [-0.39, 0.29) is 0 Å². The number of halogens is 1. The van der Waals surface area contributed by atoms with Crippen molar-refractivity contribution in [2.24, 2.45) is 0 Å². The van der Waals surface area contributed by atoms with E-state index in [2.05, 4.69) is 21.2 Å². The average molecular weight is 377 g/mol. The van der Waals surface area contributed by atoms with Crippen LogP contribution in [0.4, 0.5) is 0 Å². The van der Waals surface area contributed by atoms with Crippen molar-refractivity contribution in [3.05, 3.63) is 27.7 Å². The average Bonchev–Trinajstić information content (AvgIpc) is 2.72. The highest BCUT2D eigenvalue weighted by Gasteiger charge is 2.28. The van der Waals surface area contributed by atoms with Gasteiger partial charge < -0.3 is 10.1 Å². The third kappa shape index (κ3) is 3.84. The quantitative estimate of drug-likeness (QED) is 0.871. The second kappa shape index (κ2) is 7.19. The van der Waals surface area contributed by atoms with Gasteiger partial charge in [0.25, 0.3) is 0 Å². The number of hydrogen-bond acceptors (Lipinski definition) is 4. The van der Waals surface area contributed by atoms with Gasteiger partial charge in [0.05, 0.1) is 11.5 Å². The summed E-state index contributed by atoms with van der Waals surface area (Å²) in [7, 11) is -1.66. The van der Waals surface area contributed by atoms with Crippen molar-refractivity contribution in [2.75, 3.05) is 33.4 Å². The van der Waals surface area contributed by atoms with E-state index in [0.29, 0.717) is 42.2 Å². The van der Waals surface area contributed by atoms with Crippen molar-refractivity contribution >= 4 is 26.0 Å². The van der Waals surface area contributed by atoms with Crippen LogP contribution >= 0.6 is 15.9 Å². The fraction of sp³-hybridized carbons (Fsp3) is 0.571. The van der Waals surface area contributed by atoms with Crippen LogP contribution in [0.25, 0.3) is 0 Å². The number of benzene rings is 1. The van der Waals surface area contributed by atoms with E-state index in [1.807, 2.05) is 20.0 Å². The zero-order valence-electron chi connectivity index (χ0n) is 12.4. The maximum absolute atomic E-state index is 12.9. The van der Waals surface area contributed by atoms with Crippen LogP contribution in [-0.4, -0.2) is 46.1 Å². The molecule has 1 aliphatic rings. The number of nitrogens with one attached hydrogen (secondary N) is 1. The zero-order chi connectivity index (χ0) is 15.5. The van der Waals surface area contributed by atoms with Crippen LogP contribution in [0.1, 0.15) is 17.5 Å². The summed E-state index contributed by atoms with van der Waals surface area (Å²) >= 11 is 3.43. The standard InChI is InChI=1S/C14H21BrN2O3S/c1-11-8-12(10-16-2)9-13(14(11)15)21(18,19)17-4-3-6-20-7-5-17/h8-9,16H,3-7,10H2,1-2H3. The zero-order valence-corrected chi connectivity index (χ0v) is 14.8. The lowest BCUT2D eigenvalue weighted by molar-refractivity contribution is 0.148. The van der Waals surface area contributed by atoms with E-state index in [1.165, 1.54) is 4.31 Å². The number of aryl methyl sites for hydroxylation is 1. The van der Waals surface area contributed by atoms with E-state index in [4.69, 9.17) is 4.74 Å². The fourth-order valence-electron chi connectivity index (χ4n) is 2.41. The Kier molecular flexibility index (Phi) is 5.79. The van der Waals surface area contributed by atoms with Crippen LogP contribution in [0.3, 0.4) is 0 Å². The molecule has 0 bridgehead atoms. The monoisotopic (exact) mass is 376 g/mol. The maximum Gasteiger partial charge on any atom is 0.244 e. The van der Waals surface area contributed by atoms with E-state index >= 15 is 0 Å². The van der Waals surface area contributed by atoms with Gasteiger partial charge in [-0.15, -0.1) is 0 Å². The van der Waals surface area contributed by atoms with Gasteiger partial charge in [0.15, 0.2) is 0 Å². The summed E-state index contributed by atoms with van der Waals surface area (Å²) < 4.78 is 33.3. The first-order chi connectivity index (χ1) is 9.96. The summed E-state index contributed by atoms with van der Waals surface area (Å²) in [6.45, 7) is 4.53. The van der Waals surface area contributed by atoms with Gasteiger partial charge in [-0.25, -0.2) is 8.42 Å². The van der Waals surface area contributed by atoms with Crippen LogP contribution in [0.15, 0.2) is 21.5 Å². The van der Waals surface area contributed by atoms with E-state index in [9.17, 15) is 8.42 Å². The molecule has 0 aromatic heterocycles. The Balaban J connectivity index is 2.42. The van der Waals surface area contributed by atoms with Crippen LogP contribution < -0.4 is 5.32 Å². The molecule has 2 rings (SSSR count). The van der Waals surface area contributed by atoms with Crippen LogP contribution in [-0.2, 0) is 21.3 Å². The van der Waals surface area contributed by atoms with Gasteiger partial charge >= 0.3 is 0 Å². The van der Waals surface area contributed by atoms with Crippen molar-refractivity contribution in [3.63, 3.8) is 0 Å². The highest BCUT2D eigenvalue weighted by atomic mass is 79.9. The van der Waals surface area contributed by atoms with Gasteiger partial charge in [0, 0.05) is 30.7 Å². The number of rotatable bonds is 4. The largest absolute Gasteiger partial charge is 0.380 e. The first kappa shape index (κ1) is 16.9. The van der Waals surface area contributed by atoms with Gasteiger partial charge in [0.1, 0.15) is 0 Å². The molecule has 1 N–H and O–H groups in total. The molecule has 0 unspecified atom stereocenters. The summed E-state index contributed by atoms with van der Waals surface area (Å²) in [5, 5.41) is 3.06. The smallest absolute Gasteiger partial charge is 0.244 e. The van der Waals surface area contributed by atoms with Crippen molar-refractivity contribution < 1.29 is 13.2 Å². The Morgan fingerprint density at radius 2 is 2.10 bits per heavy atom. The molecular weight excluding hydrogens is 356 g/mol. The van der Waals surface area contributed by atoms with Crippen molar-refractivity contribution in [1.29, 1.82) is 0 Å². The predicted molar refractivity (Wildman–Crippen MR) is 85.8 cm³/mol. The molecule has 0 radical (unpaired) electrons. The minimum atomic E-state index is -3.50. The first-order valence-corrected chi connectivity index (χ1v) is 9.21. The van der Waals surface area contributed by atoms with Gasteiger partial charge in [-0.05, 0) is 53.5 Å². The lowest BCUT2D eigenvalue weighted by Gasteiger charge is -2.21. The second-order valence-corrected chi connectivity index (χ2v) is 7.82. The van der Waals surface area contributed by atoms with Gasteiger partial charge in [-0.3, -0.25) is 0 Å². The molecule has 1 aliphatic heterocycles. The SMILES string of the molecule is CNCc1cc(C)c(Br)c(S(=O)(=O)N2CCCOCC2)c1. The summed E-state index contributed by atoms with van der Waals surface area (Å²) in [6, 6.07) is 3.74. The van der Waals surface area contributed by atoms with E-state index < -0.39 is 10.0 Å². The molecule has 0 saturated carbocycles. The molecular formula is C14H21BrN2O3S. The Morgan fingerprint density at radius 3 is 2.81 bits per heavy atom. The lowest BCUT2D eigenvalue weighted by Crippen LogP contribution is -2.33. The van der Waals surface area contributed by atoms with Crippen molar-refractivity contribution in [1.82, 2.24) is 9.62 Å². The molecule has 1 heterocycles. The molecule has 1 fully saturated rings. The topological polar surface area (TPSA) is 58.6 Å². The highest BCUT2D eigenvalue weighted by molar-refractivity contribution is 9.10. The Hall–Kier alpha value is -0.470. The molecule has 1 saturated heterocycles. The summed E-state index contributed by atoms with van der Waals surface area (Å²) in [4.78, 5) is 0.342. The normalized spacial score (nSPS) is 17.7. The summed E-state index contributed by atoms with van der Waals surface area (Å²) in [5.74, 6) is 0. The van der Waals surface area contributed by atoms with Gasteiger partial charge in [-0.1, -0.05) is 6.07 Å². The molecule has 118 valence electrons. The second-order valence-electron chi connectivity index (χ2n) is 5.13. The highest BCUT2D eigenvalue weighted by Crippen LogP contribution is 2.30. The Morgan fingerprint density at radius 1 is 1.33 bits per heavy atom. The minimum Gasteiger partial charge on any atom is -0.380 e. The van der Waals surface area contributed by atoms with E-state index in [0.717, 1.165) is 17.5 Å². The summed E-state index contributed by atoms with van der Waals surface area (Å²) in [5.41, 5.74) is 1.88.